The summed E-state index contributed by atoms with van der Waals surface area (Å²) in [6.45, 7) is 5.49. The van der Waals surface area contributed by atoms with Crippen LogP contribution in [-0.4, -0.2) is 56.7 Å². The molecule has 1 aromatic rings. The highest BCUT2D eigenvalue weighted by Gasteiger charge is 2.14. The molecule has 0 N–H and O–H groups in total. The van der Waals surface area contributed by atoms with Crippen LogP contribution in [0.15, 0.2) is 12.1 Å². The van der Waals surface area contributed by atoms with Crippen LogP contribution >= 0.6 is 11.6 Å². The number of nitrogens with zero attached hydrogens (tertiary/aromatic N) is 2. The van der Waals surface area contributed by atoms with Crippen LogP contribution in [0.2, 0.25) is 5.02 Å². The molecule has 112 valence electrons. The van der Waals surface area contributed by atoms with Gasteiger partial charge in [-0.1, -0.05) is 11.6 Å². The maximum Gasteiger partial charge on any atom is 0.140 e. The van der Waals surface area contributed by atoms with Crippen molar-refractivity contribution in [3.05, 3.63) is 28.5 Å². The molecule has 1 aliphatic rings. The van der Waals surface area contributed by atoms with Crippen LogP contribution in [-0.2, 0) is 6.42 Å². The van der Waals surface area contributed by atoms with Crippen LogP contribution < -0.4 is 4.74 Å². The smallest absolute Gasteiger partial charge is 0.140 e. The summed E-state index contributed by atoms with van der Waals surface area (Å²) in [6.07, 6.45) is 1.77. The van der Waals surface area contributed by atoms with Crippen molar-refractivity contribution in [2.45, 2.75) is 12.8 Å². The zero-order valence-electron chi connectivity index (χ0n) is 12.2. The van der Waals surface area contributed by atoms with E-state index in [0.29, 0.717) is 10.8 Å². The predicted octanol–water partition coefficient (Wildman–Crippen LogP) is 2.67. The van der Waals surface area contributed by atoms with Crippen molar-refractivity contribution in [1.29, 1.82) is 0 Å². The summed E-state index contributed by atoms with van der Waals surface area (Å²) in [5.74, 6) is 0.303. The SMILES string of the molecule is COc1c(Cl)cc(F)cc1CCCN1CCN(C)CC1. The molecule has 2 rings (SSSR count). The van der Waals surface area contributed by atoms with E-state index >= 15 is 0 Å². The maximum atomic E-state index is 13.4. The highest BCUT2D eigenvalue weighted by atomic mass is 35.5. The molecule has 1 heterocycles. The van der Waals surface area contributed by atoms with Crippen LogP contribution in [0.1, 0.15) is 12.0 Å². The molecular weight excluding hydrogens is 279 g/mol. The summed E-state index contributed by atoms with van der Waals surface area (Å²) in [5.41, 5.74) is 0.853. The van der Waals surface area contributed by atoms with Gasteiger partial charge in [-0.05, 0) is 44.1 Å². The number of aryl methyl sites for hydroxylation is 1. The summed E-state index contributed by atoms with van der Waals surface area (Å²) >= 11 is 6.00. The van der Waals surface area contributed by atoms with E-state index in [2.05, 4.69) is 16.8 Å². The normalized spacial score (nSPS) is 17.4. The van der Waals surface area contributed by atoms with Crippen LogP contribution in [0, 0.1) is 5.82 Å². The molecule has 1 aliphatic heterocycles. The van der Waals surface area contributed by atoms with Gasteiger partial charge < -0.3 is 14.5 Å². The fraction of sp³-hybridized carbons (Fsp3) is 0.600. The second-order valence-electron chi connectivity index (χ2n) is 5.33. The fourth-order valence-corrected chi connectivity index (χ4v) is 2.90. The van der Waals surface area contributed by atoms with Crippen molar-refractivity contribution in [1.82, 2.24) is 9.80 Å². The first-order chi connectivity index (χ1) is 9.60. The Kier molecular flexibility index (Phi) is 5.64. The third-order valence-electron chi connectivity index (χ3n) is 3.81. The molecule has 1 fully saturated rings. The number of hydrogen-bond acceptors (Lipinski definition) is 3. The van der Waals surface area contributed by atoms with Gasteiger partial charge in [-0.25, -0.2) is 4.39 Å². The number of benzene rings is 1. The molecule has 0 atom stereocenters. The number of rotatable bonds is 5. The highest BCUT2D eigenvalue weighted by molar-refractivity contribution is 6.32. The highest BCUT2D eigenvalue weighted by Crippen LogP contribution is 2.30. The Morgan fingerprint density at radius 1 is 1.25 bits per heavy atom. The summed E-state index contributed by atoms with van der Waals surface area (Å²) < 4.78 is 18.7. The third-order valence-corrected chi connectivity index (χ3v) is 4.09. The van der Waals surface area contributed by atoms with Gasteiger partial charge in [0.2, 0.25) is 0 Å². The molecule has 0 radical (unpaired) electrons. The first-order valence-corrected chi connectivity index (χ1v) is 7.40. The number of ether oxygens (including phenoxy) is 1. The lowest BCUT2D eigenvalue weighted by Crippen LogP contribution is -2.44. The van der Waals surface area contributed by atoms with Crippen molar-refractivity contribution in [2.75, 3.05) is 46.9 Å². The van der Waals surface area contributed by atoms with Crippen LogP contribution in [0.5, 0.6) is 5.75 Å². The average Bonchev–Trinajstić information content (AvgIpc) is 2.40. The van der Waals surface area contributed by atoms with E-state index < -0.39 is 0 Å². The average molecular weight is 301 g/mol. The summed E-state index contributed by atoms with van der Waals surface area (Å²) in [4.78, 5) is 4.79. The lowest BCUT2D eigenvalue weighted by molar-refractivity contribution is 0.153. The van der Waals surface area contributed by atoms with Gasteiger partial charge in [0.05, 0.1) is 12.1 Å². The van der Waals surface area contributed by atoms with Gasteiger partial charge in [-0.2, -0.15) is 0 Å². The lowest BCUT2D eigenvalue weighted by atomic mass is 10.1. The molecule has 1 saturated heterocycles. The Labute approximate surface area is 125 Å². The Hall–Kier alpha value is -0.840. The summed E-state index contributed by atoms with van der Waals surface area (Å²) in [7, 11) is 3.72. The minimum Gasteiger partial charge on any atom is -0.495 e. The minimum atomic E-state index is -0.301. The molecule has 0 unspecified atom stereocenters. The van der Waals surface area contributed by atoms with E-state index in [-0.39, 0.29) is 5.82 Å². The predicted molar refractivity (Wildman–Crippen MR) is 80.2 cm³/mol. The van der Waals surface area contributed by atoms with Crippen molar-refractivity contribution in [3.8, 4) is 5.75 Å². The molecule has 0 saturated carbocycles. The van der Waals surface area contributed by atoms with Gasteiger partial charge in [-0.3, -0.25) is 0 Å². The first-order valence-electron chi connectivity index (χ1n) is 7.03. The molecule has 0 aliphatic carbocycles. The van der Waals surface area contributed by atoms with Crippen molar-refractivity contribution in [3.63, 3.8) is 0 Å². The largest absolute Gasteiger partial charge is 0.495 e. The second kappa shape index (κ2) is 7.25. The van der Waals surface area contributed by atoms with E-state index in [9.17, 15) is 4.39 Å². The van der Waals surface area contributed by atoms with Gasteiger partial charge in [0.15, 0.2) is 0 Å². The Morgan fingerprint density at radius 3 is 2.60 bits per heavy atom. The van der Waals surface area contributed by atoms with Crippen LogP contribution in [0.25, 0.3) is 0 Å². The first kappa shape index (κ1) is 15.5. The summed E-state index contributed by atoms with van der Waals surface area (Å²) in [5, 5.41) is 0.349. The molecule has 0 aromatic heterocycles. The molecule has 3 nitrogen and oxygen atoms in total. The zero-order chi connectivity index (χ0) is 14.5. The zero-order valence-corrected chi connectivity index (χ0v) is 12.9. The standard InChI is InChI=1S/C15H22ClFN2O/c1-18-6-8-19(9-7-18)5-3-4-12-10-13(17)11-14(16)15(12)20-2/h10-11H,3-9H2,1-2H3. The number of halogens is 2. The van der Waals surface area contributed by atoms with E-state index in [1.54, 1.807) is 7.11 Å². The van der Waals surface area contributed by atoms with Gasteiger partial charge in [0.1, 0.15) is 11.6 Å². The van der Waals surface area contributed by atoms with Crippen molar-refractivity contribution in [2.24, 2.45) is 0 Å². The monoisotopic (exact) mass is 300 g/mol. The van der Waals surface area contributed by atoms with E-state index in [0.717, 1.165) is 51.1 Å². The number of hydrogen-bond donors (Lipinski definition) is 0. The molecule has 0 spiro atoms. The molecular formula is C15H22ClFN2O. The van der Waals surface area contributed by atoms with Gasteiger partial charge in [0, 0.05) is 26.2 Å². The number of piperazine rings is 1. The number of likely N-dealkylation sites (N-methyl/N-ethyl adjacent to an activating group) is 1. The van der Waals surface area contributed by atoms with Gasteiger partial charge >= 0.3 is 0 Å². The Morgan fingerprint density at radius 2 is 1.95 bits per heavy atom. The summed E-state index contributed by atoms with van der Waals surface area (Å²) in [6, 6.07) is 2.82. The number of methoxy groups -OCH3 is 1. The van der Waals surface area contributed by atoms with E-state index in [1.165, 1.54) is 12.1 Å². The van der Waals surface area contributed by atoms with Crippen molar-refractivity contribution >= 4 is 11.6 Å². The van der Waals surface area contributed by atoms with Crippen molar-refractivity contribution < 1.29 is 9.13 Å². The molecule has 20 heavy (non-hydrogen) atoms. The van der Waals surface area contributed by atoms with Gasteiger partial charge in [-0.15, -0.1) is 0 Å². The fourth-order valence-electron chi connectivity index (χ4n) is 2.59. The quantitative estimate of drug-likeness (QED) is 0.831. The lowest BCUT2D eigenvalue weighted by Gasteiger charge is -2.32. The maximum absolute atomic E-state index is 13.4. The topological polar surface area (TPSA) is 15.7 Å². The molecule has 0 bridgehead atoms. The molecule has 5 heteroatoms. The minimum absolute atomic E-state index is 0.301. The second-order valence-corrected chi connectivity index (χ2v) is 5.74. The Bertz CT molecular complexity index is 448. The molecule has 0 amide bonds. The van der Waals surface area contributed by atoms with Crippen LogP contribution in [0.3, 0.4) is 0 Å². The third kappa shape index (κ3) is 4.08. The molecule has 1 aromatic carbocycles. The Balaban J connectivity index is 1.87. The van der Waals surface area contributed by atoms with E-state index in [4.69, 9.17) is 16.3 Å². The van der Waals surface area contributed by atoms with Gasteiger partial charge in [0.25, 0.3) is 0 Å². The van der Waals surface area contributed by atoms with E-state index in [1.807, 2.05) is 0 Å². The van der Waals surface area contributed by atoms with Crippen LogP contribution in [0.4, 0.5) is 4.39 Å².